The number of benzene rings is 1. The summed E-state index contributed by atoms with van der Waals surface area (Å²) in [5.74, 6) is 1.28. The molecule has 1 aromatic heterocycles. The lowest BCUT2D eigenvalue weighted by molar-refractivity contribution is -0.130. The highest BCUT2D eigenvalue weighted by Gasteiger charge is 2.44. The topological polar surface area (TPSA) is 107 Å². The van der Waals surface area contributed by atoms with Crippen molar-refractivity contribution in [3.05, 3.63) is 24.0 Å². The molecule has 2 aliphatic rings. The highest BCUT2D eigenvalue weighted by atomic mass is 16.6. The molecule has 1 fully saturated rings. The number of imide groups is 1. The number of rotatable bonds is 3. The number of ether oxygens (including phenoxy) is 2. The molecule has 0 saturated carbocycles. The quantitative estimate of drug-likeness (QED) is 0.837. The third-order valence-corrected chi connectivity index (χ3v) is 4.01. The van der Waals surface area contributed by atoms with Crippen LogP contribution >= 0.6 is 0 Å². The zero-order valence-electron chi connectivity index (χ0n) is 13.7. The molecule has 130 valence electrons. The van der Waals surface area contributed by atoms with Gasteiger partial charge in [-0.1, -0.05) is 11.2 Å². The number of hydrogen-bond donors (Lipinski definition) is 1. The van der Waals surface area contributed by atoms with Gasteiger partial charge in [0.2, 0.25) is 0 Å². The normalized spacial score (nSPS) is 18.4. The summed E-state index contributed by atoms with van der Waals surface area (Å²) in [6, 6.07) is 4.90. The number of nitrogens with one attached hydrogen (secondary N) is 1. The number of hydrogen-bond acceptors (Lipinski definition) is 7. The van der Waals surface area contributed by atoms with Gasteiger partial charge in [0.05, 0.1) is 12.1 Å². The van der Waals surface area contributed by atoms with E-state index >= 15 is 0 Å². The molecule has 25 heavy (non-hydrogen) atoms. The van der Waals surface area contributed by atoms with E-state index in [0.717, 1.165) is 4.90 Å². The van der Waals surface area contributed by atoms with Crippen molar-refractivity contribution >= 4 is 11.9 Å². The zero-order chi connectivity index (χ0) is 17.6. The molecule has 3 amide bonds. The first-order valence-electron chi connectivity index (χ1n) is 7.81. The van der Waals surface area contributed by atoms with Crippen molar-refractivity contribution in [1.29, 1.82) is 0 Å². The Morgan fingerprint density at radius 3 is 2.80 bits per heavy atom. The summed E-state index contributed by atoms with van der Waals surface area (Å²) in [6.07, 6.45) is 0. The van der Waals surface area contributed by atoms with Gasteiger partial charge in [0.15, 0.2) is 17.3 Å². The van der Waals surface area contributed by atoms with Gasteiger partial charge in [0.25, 0.3) is 11.8 Å². The van der Waals surface area contributed by atoms with Gasteiger partial charge in [-0.05, 0) is 26.0 Å². The predicted octanol–water partition coefficient (Wildman–Crippen LogP) is 1.34. The van der Waals surface area contributed by atoms with Crippen molar-refractivity contribution in [2.45, 2.75) is 25.9 Å². The van der Waals surface area contributed by atoms with Crippen LogP contribution in [0.3, 0.4) is 0 Å². The van der Waals surface area contributed by atoms with Gasteiger partial charge in [-0.3, -0.25) is 9.69 Å². The van der Waals surface area contributed by atoms with E-state index in [2.05, 4.69) is 15.5 Å². The highest BCUT2D eigenvalue weighted by Crippen LogP contribution is 2.39. The van der Waals surface area contributed by atoms with Crippen LogP contribution in [0.5, 0.6) is 11.5 Å². The van der Waals surface area contributed by atoms with Crippen LogP contribution in [0.4, 0.5) is 4.79 Å². The average Bonchev–Trinajstić information content (AvgIpc) is 3.13. The Balaban J connectivity index is 1.60. The van der Waals surface area contributed by atoms with Crippen molar-refractivity contribution in [3.63, 3.8) is 0 Å². The van der Waals surface area contributed by atoms with E-state index in [9.17, 15) is 9.59 Å². The van der Waals surface area contributed by atoms with Gasteiger partial charge < -0.3 is 19.3 Å². The molecule has 0 radical (unpaired) electrons. The number of urea groups is 1. The molecule has 2 aliphatic heterocycles. The van der Waals surface area contributed by atoms with E-state index in [0.29, 0.717) is 30.3 Å². The molecule has 2 aromatic rings. The number of carbonyl (C=O) groups excluding carboxylic acids is 2. The lowest BCUT2D eigenvalue weighted by atomic mass is 10.1. The van der Waals surface area contributed by atoms with E-state index in [1.807, 2.05) is 0 Å². The SMILES string of the molecule is CC1(C)NC(=O)N(Cc2noc(-c3cccc4c3OCCO4)n2)C1=O. The van der Waals surface area contributed by atoms with E-state index in [4.69, 9.17) is 14.0 Å². The number of amides is 3. The first-order chi connectivity index (χ1) is 12.0. The maximum absolute atomic E-state index is 12.2. The van der Waals surface area contributed by atoms with Crippen LogP contribution in [0.1, 0.15) is 19.7 Å². The molecule has 9 nitrogen and oxygen atoms in total. The molecule has 0 spiro atoms. The fraction of sp³-hybridized carbons (Fsp3) is 0.375. The van der Waals surface area contributed by atoms with Crippen LogP contribution < -0.4 is 14.8 Å². The lowest BCUT2D eigenvalue weighted by Gasteiger charge is -2.19. The van der Waals surface area contributed by atoms with E-state index < -0.39 is 11.6 Å². The highest BCUT2D eigenvalue weighted by molar-refractivity contribution is 6.06. The van der Waals surface area contributed by atoms with Crippen LogP contribution in [0.2, 0.25) is 0 Å². The third-order valence-electron chi connectivity index (χ3n) is 4.01. The monoisotopic (exact) mass is 344 g/mol. The Morgan fingerprint density at radius 2 is 2.04 bits per heavy atom. The van der Waals surface area contributed by atoms with Crippen LogP contribution in [0.15, 0.2) is 22.7 Å². The maximum atomic E-state index is 12.2. The largest absolute Gasteiger partial charge is 0.486 e. The molecule has 0 unspecified atom stereocenters. The maximum Gasteiger partial charge on any atom is 0.325 e. The zero-order valence-corrected chi connectivity index (χ0v) is 13.7. The molecule has 9 heteroatoms. The number of fused-ring (bicyclic) bond motifs is 1. The standard InChI is InChI=1S/C16H16N4O5/c1-16(2)14(21)20(15(22)18-16)8-11-17-13(25-19-11)9-4-3-5-10-12(9)24-7-6-23-10/h3-5H,6-8H2,1-2H3,(H,18,22). The molecule has 4 rings (SSSR count). The summed E-state index contributed by atoms with van der Waals surface area (Å²) in [4.78, 5) is 29.5. The average molecular weight is 344 g/mol. The molecule has 0 atom stereocenters. The second kappa shape index (κ2) is 5.47. The molecule has 1 N–H and O–H groups in total. The van der Waals surface area contributed by atoms with Crippen LogP contribution in [-0.2, 0) is 11.3 Å². The van der Waals surface area contributed by atoms with Crippen molar-refractivity contribution in [2.24, 2.45) is 0 Å². The summed E-state index contributed by atoms with van der Waals surface area (Å²) in [6.45, 7) is 4.13. The summed E-state index contributed by atoms with van der Waals surface area (Å²) in [7, 11) is 0. The van der Waals surface area contributed by atoms with Crippen LogP contribution in [-0.4, -0.2) is 45.7 Å². The first kappa shape index (κ1) is 15.4. The number of para-hydroxylation sites is 1. The molecule has 0 aliphatic carbocycles. The minimum atomic E-state index is -0.937. The Bertz CT molecular complexity index is 860. The minimum absolute atomic E-state index is 0.0655. The van der Waals surface area contributed by atoms with Gasteiger partial charge in [-0.2, -0.15) is 4.98 Å². The molecule has 3 heterocycles. The predicted molar refractivity (Wildman–Crippen MR) is 83.9 cm³/mol. The molecule has 0 bridgehead atoms. The van der Waals surface area contributed by atoms with Gasteiger partial charge in [-0.25, -0.2) is 4.79 Å². The van der Waals surface area contributed by atoms with Gasteiger partial charge in [0, 0.05) is 0 Å². The number of carbonyl (C=O) groups is 2. The van der Waals surface area contributed by atoms with Crippen molar-refractivity contribution in [2.75, 3.05) is 13.2 Å². The molecule has 1 aromatic carbocycles. The van der Waals surface area contributed by atoms with E-state index in [1.165, 1.54) is 0 Å². The van der Waals surface area contributed by atoms with Crippen molar-refractivity contribution in [1.82, 2.24) is 20.4 Å². The Hall–Kier alpha value is -3.10. The second-order valence-corrected chi connectivity index (χ2v) is 6.29. The second-order valence-electron chi connectivity index (χ2n) is 6.29. The summed E-state index contributed by atoms with van der Waals surface area (Å²) in [5.41, 5.74) is -0.332. The Labute approximate surface area is 142 Å². The summed E-state index contributed by atoms with van der Waals surface area (Å²) >= 11 is 0. The van der Waals surface area contributed by atoms with Gasteiger partial charge >= 0.3 is 6.03 Å². The van der Waals surface area contributed by atoms with Crippen molar-refractivity contribution < 1.29 is 23.6 Å². The molecular formula is C16H16N4O5. The summed E-state index contributed by atoms with van der Waals surface area (Å²) < 4.78 is 16.4. The van der Waals surface area contributed by atoms with Gasteiger partial charge in [0.1, 0.15) is 18.8 Å². The fourth-order valence-corrected chi connectivity index (χ4v) is 2.77. The van der Waals surface area contributed by atoms with Gasteiger partial charge in [-0.15, -0.1) is 0 Å². The van der Waals surface area contributed by atoms with Crippen LogP contribution in [0, 0.1) is 0 Å². The summed E-state index contributed by atoms with van der Waals surface area (Å²) in [5, 5.41) is 6.47. The van der Waals surface area contributed by atoms with E-state index in [-0.39, 0.29) is 24.2 Å². The number of aromatic nitrogens is 2. The number of nitrogens with zero attached hydrogens (tertiary/aromatic N) is 3. The smallest absolute Gasteiger partial charge is 0.325 e. The molecular weight excluding hydrogens is 328 g/mol. The van der Waals surface area contributed by atoms with E-state index in [1.54, 1.807) is 32.0 Å². The minimum Gasteiger partial charge on any atom is -0.486 e. The fourth-order valence-electron chi connectivity index (χ4n) is 2.77. The third kappa shape index (κ3) is 2.57. The Kier molecular flexibility index (Phi) is 3.38. The van der Waals surface area contributed by atoms with Crippen LogP contribution in [0.25, 0.3) is 11.5 Å². The first-order valence-corrected chi connectivity index (χ1v) is 7.81. The lowest BCUT2D eigenvalue weighted by Crippen LogP contribution is -2.40. The Morgan fingerprint density at radius 1 is 1.24 bits per heavy atom. The van der Waals surface area contributed by atoms with Crippen molar-refractivity contribution in [3.8, 4) is 23.0 Å². The molecule has 1 saturated heterocycles.